The van der Waals surface area contributed by atoms with E-state index in [2.05, 4.69) is 15.4 Å². The van der Waals surface area contributed by atoms with Crippen LogP contribution in [-0.4, -0.2) is 20.7 Å². The molecule has 0 saturated heterocycles. The molecule has 122 valence electrons. The van der Waals surface area contributed by atoms with Crippen LogP contribution in [0, 0.1) is 12.7 Å². The second-order valence-corrected chi connectivity index (χ2v) is 5.54. The van der Waals surface area contributed by atoms with Crippen LogP contribution in [0.25, 0.3) is 5.69 Å². The number of carbonyl (C=O) groups is 1. The lowest BCUT2D eigenvalue weighted by Gasteiger charge is -2.06. The van der Waals surface area contributed by atoms with Gasteiger partial charge in [0.25, 0.3) is 5.91 Å². The molecule has 1 aromatic carbocycles. The van der Waals surface area contributed by atoms with Gasteiger partial charge < -0.3 is 5.32 Å². The van der Waals surface area contributed by atoms with Crippen LogP contribution in [0.15, 0.2) is 48.8 Å². The molecule has 1 N–H and O–H groups in total. The van der Waals surface area contributed by atoms with Crippen LogP contribution < -0.4 is 5.32 Å². The van der Waals surface area contributed by atoms with Crippen LogP contribution in [-0.2, 0) is 6.54 Å². The van der Waals surface area contributed by atoms with Crippen LogP contribution in [0.1, 0.15) is 21.6 Å². The van der Waals surface area contributed by atoms with Crippen LogP contribution in [0.2, 0.25) is 5.15 Å². The Morgan fingerprint density at radius 1 is 1.21 bits per heavy atom. The first-order chi connectivity index (χ1) is 11.6. The van der Waals surface area contributed by atoms with Gasteiger partial charge in [-0.2, -0.15) is 5.10 Å². The van der Waals surface area contributed by atoms with E-state index < -0.39 is 0 Å². The number of rotatable bonds is 4. The number of hydrogen-bond acceptors (Lipinski definition) is 3. The summed E-state index contributed by atoms with van der Waals surface area (Å²) < 4.78 is 14.5. The zero-order valence-electron chi connectivity index (χ0n) is 12.8. The molecule has 0 spiro atoms. The summed E-state index contributed by atoms with van der Waals surface area (Å²) in [7, 11) is 0. The van der Waals surface area contributed by atoms with Crippen LogP contribution in [0.3, 0.4) is 0 Å². The molecular formula is C17H14ClFN4O. The normalized spacial score (nSPS) is 10.6. The van der Waals surface area contributed by atoms with Crippen LogP contribution >= 0.6 is 11.6 Å². The van der Waals surface area contributed by atoms with Crippen LogP contribution in [0.4, 0.5) is 4.39 Å². The Labute approximate surface area is 143 Å². The predicted octanol–water partition coefficient (Wildman–Crippen LogP) is 3.30. The van der Waals surface area contributed by atoms with E-state index in [0.717, 1.165) is 5.56 Å². The van der Waals surface area contributed by atoms with E-state index >= 15 is 0 Å². The Hall–Kier alpha value is -2.73. The number of aryl methyl sites for hydroxylation is 1. The molecule has 0 fully saturated rings. The van der Waals surface area contributed by atoms with Crippen molar-refractivity contribution in [3.63, 3.8) is 0 Å². The summed E-state index contributed by atoms with van der Waals surface area (Å²) in [5.41, 5.74) is 2.31. The lowest BCUT2D eigenvalue weighted by atomic mass is 10.2. The van der Waals surface area contributed by atoms with Gasteiger partial charge in [-0.1, -0.05) is 11.6 Å². The molecule has 1 amide bonds. The molecule has 3 aromatic rings. The quantitative estimate of drug-likeness (QED) is 0.790. The van der Waals surface area contributed by atoms with E-state index in [-0.39, 0.29) is 16.9 Å². The maximum Gasteiger partial charge on any atom is 0.256 e. The highest BCUT2D eigenvalue weighted by Crippen LogP contribution is 2.23. The molecule has 0 saturated carbocycles. The SMILES string of the molecule is Cc1nn(-c2ccc(F)cc2)c(Cl)c1C(=O)NCc1ccncc1. The molecular weight excluding hydrogens is 331 g/mol. The van der Waals surface area contributed by atoms with Gasteiger partial charge in [-0.15, -0.1) is 0 Å². The van der Waals surface area contributed by atoms with Crippen molar-refractivity contribution in [3.05, 3.63) is 76.6 Å². The van der Waals surface area contributed by atoms with E-state index in [1.807, 2.05) is 12.1 Å². The minimum Gasteiger partial charge on any atom is -0.348 e. The number of halogens is 2. The number of nitrogens with one attached hydrogen (secondary N) is 1. The highest BCUT2D eigenvalue weighted by atomic mass is 35.5. The molecule has 0 aliphatic carbocycles. The molecule has 0 atom stereocenters. The van der Waals surface area contributed by atoms with E-state index in [1.54, 1.807) is 31.5 Å². The summed E-state index contributed by atoms with van der Waals surface area (Å²) in [6, 6.07) is 9.35. The van der Waals surface area contributed by atoms with Crippen molar-refractivity contribution in [1.29, 1.82) is 0 Å². The van der Waals surface area contributed by atoms with Crippen molar-refractivity contribution < 1.29 is 9.18 Å². The Balaban J connectivity index is 1.83. The van der Waals surface area contributed by atoms with E-state index in [0.29, 0.717) is 23.5 Å². The standard InChI is InChI=1S/C17H14ClFN4O/c1-11-15(17(24)21-10-12-6-8-20-9-7-12)16(18)23(22-11)14-4-2-13(19)3-5-14/h2-9H,10H2,1H3,(H,21,24). The minimum absolute atomic E-state index is 0.186. The molecule has 0 unspecified atom stereocenters. The molecule has 0 radical (unpaired) electrons. The number of aromatic nitrogens is 3. The van der Waals surface area contributed by atoms with Gasteiger partial charge in [0.2, 0.25) is 0 Å². The van der Waals surface area contributed by atoms with Gasteiger partial charge in [0, 0.05) is 18.9 Å². The lowest BCUT2D eigenvalue weighted by Crippen LogP contribution is -2.23. The van der Waals surface area contributed by atoms with Crippen molar-refractivity contribution in [2.45, 2.75) is 13.5 Å². The molecule has 24 heavy (non-hydrogen) atoms. The molecule has 2 aromatic heterocycles. The summed E-state index contributed by atoms with van der Waals surface area (Å²) in [4.78, 5) is 16.4. The summed E-state index contributed by atoms with van der Waals surface area (Å²) in [5.74, 6) is -0.670. The first-order valence-electron chi connectivity index (χ1n) is 7.24. The van der Waals surface area contributed by atoms with Gasteiger partial charge >= 0.3 is 0 Å². The highest BCUT2D eigenvalue weighted by Gasteiger charge is 2.20. The third kappa shape index (κ3) is 3.28. The first kappa shape index (κ1) is 16.1. The Morgan fingerprint density at radius 2 is 1.88 bits per heavy atom. The monoisotopic (exact) mass is 344 g/mol. The fourth-order valence-electron chi connectivity index (χ4n) is 2.28. The molecule has 3 rings (SSSR count). The zero-order chi connectivity index (χ0) is 17.1. The molecule has 2 heterocycles. The summed E-state index contributed by atoms with van der Waals surface area (Å²) in [6.45, 7) is 2.06. The van der Waals surface area contributed by atoms with Gasteiger partial charge in [0.05, 0.1) is 16.9 Å². The Kier molecular flexibility index (Phi) is 4.57. The Morgan fingerprint density at radius 3 is 2.54 bits per heavy atom. The average Bonchev–Trinajstić information content (AvgIpc) is 2.89. The molecule has 5 nitrogen and oxygen atoms in total. The largest absolute Gasteiger partial charge is 0.348 e. The number of nitrogens with zero attached hydrogens (tertiary/aromatic N) is 3. The Bertz CT molecular complexity index is 862. The lowest BCUT2D eigenvalue weighted by molar-refractivity contribution is 0.0950. The number of benzene rings is 1. The van der Waals surface area contributed by atoms with E-state index in [4.69, 9.17) is 11.6 Å². The smallest absolute Gasteiger partial charge is 0.256 e. The van der Waals surface area contributed by atoms with Crippen molar-refractivity contribution >= 4 is 17.5 Å². The second-order valence-electron chi connectivity index (χ2n) is 5.18. The van der Waals surface area contributed by atoms with Crippen molar-refractivity contribution in [2.75, 3.05) is 0 Å². The van der Waals surface area contributed by atoms with Gasteiger partial charge in [0.1, 0.15) is 11.0 Å². The second kappa shape index (κ2) is 6.80. The maximum absolute atomic E-state index is 13.0. The predicted molar refractivity (Wildman–Crippen MR) is 88.7 cm³/mol. The first-order valence-corrected chi connectivity index (χ1v) is 7.62. The number of amides is 1. The van der Waals surface area contributed by atoms with Crippen molar-refractivity contribution in [1.82, 2.24) is 20.1 Å². The van der Waals surface area contributed by atoms with E-state index in [1.165, 1.54) is 16.8 Å². The zero-order valence-corrected chi connectivity index (χ0v) is 13.6. The number of carbonyl (C=O) groups excluding carboxylic acids is 1. The summed E-state index contributed by atoms with van der Waals surface area (Å²) in [5, 5.41) is 7.27. The molecule has 0 bridgehead atoms. The minimum atomic E-state index is -0.353. The number of hydrogen-bond donors (Lipinski definition) is 1. The third-order valence-electron chi connectivity index (χ3n) is 3.50. The van der Waals surface area contributed by atoms with Crippen LogP contribution in [0.5, 0.6) is 0 Å². The van der Waals surface area contributed by atoms with Gasteiger partial charge in [-0.05, 0) is 48.9 Å². The summed E-state index contributed by atoms with van der Waals surface area (Å²) >= 11 is 6.32. The number of pyridine rings is 1. The fourth-order valence-corrected chi connectivity index (χ4v) is 2.64. The highest BCUT2D eigenvalue weighted by molar-refractivity contribution is 6.33. The van der Waals surface area contributed by atoms with E-state index in [9.17, 15) is 9.18 Å². The molecule has 7 heteroatoms. The third-order valence-corrected chi connectivity index (χ3v) is 3.85. The van der Waals surface area contributed by atoms with Gasteiger partial charge in [0.15, 0.2) is 0 Å². The van der Waals surface area contributed by atoms with Gasteiger partial charge in [-0.25, -0.2) is 9.07 Å². The fraction of sp³-hybridized carbons (Fsp3) is 0.118. The average molecular weight is 345 g/mol. The van der Waals surface area contributed by atoms with Crippen molar-refractivity contribution in [3.8, 4) is 5.69 Å². The van der Waals surface area contributed by atoms with Crippen molar-refractivity contribution in [2.24, 2.45) is 0 Å². The maximum atomic E-state index is 13.0. The topological polar surface area (TPSA) is 59.8 Å². The molecule has 0 aliphatic rings. The molecule has 0 aliphatic heterocycles. The summed E-state index contributed by atoms with van der Waals surface area (Å²) in [6.07, 6.45) is 3.32. The van der Waals surface area contributed by atoms with Gasteiger partial charge in [-0.3, -0.25) is 9.78 Å².